The fourth-order valence-corrected chi connectivity index (χ4v) is 1.82. The van der Waals surface area contributed by atoms with E-state index in [4.69, 9.17) is 4.74 Å². The number of aromatic nitrogens is 2. The molecule has 0 spiro atoms. The van der Waals surface area contributed by atoms with Crippen LogP contribution in [0.5, 0.6) is 0 Å². The summed E-state index contributed by atoms with van der Waals surface area (Å²) in [6.07, 6.45) is 1.40. The fourth-order valence-electron chi connectivity index (χ4n) is 1.82. The van der Waals surface area contributed by atoms with Crippen LogP contribution in [0.4, 0.5) is 5.69 Å². The van der Waals surface area contributed by atoms with Crippen LogP contribution in [0, 0.1) is 17.0 Å². The van der Waals surface area contributed by atoms with Crippen molar-refractivity contribution >= 4 is 11.7 Å². The lowest BCUT2D eigenvalue weighted by Gasteiger charge is -2.05. The van der Waals surface area contributed by atoms with Crippen molar-refractivity contribution in [2.45, 2.75) is 13.8 Å². The highest BCUT2D eigenvalue weighted by Crippen LogP contribution is 2.19. The maximum Gasteiger partial charge on any atom is 0.341 e. The van der Waals surface area contributed by atoms with Gasteiger partial charge < -0.3 is 4.74 Å². The Morgan fingerprint density at radius 1 is 1.50 bits per heavy atom. The van der Waals surface area contributed by atoms with E-state index in [1.807, 2.05) is 0 Å². The minimum atomic E-state index is -0.478. The number of rotatable bonds is 4. The first-order valence-corrected chi connectivity index (χ1v) is 6.01. The van der Waals surface area contributed by atoms with Gasteiger partial charge in [0.15, 0.2) is 0 Å². The van der Waals surface area contributed by atoms with Gasteiger partial charge in [-0.05, 0) is 19.9 Å². The summed E-state index contributed by atoms with van der Waals surface area (Å²) in [6.45, 7) is 3.70. The normalized spacial score (nSPS) is 10.3. The second kappa shape index (κ2) is 5.52. The second-order valence-electron chi connectivity index (χ2n) is 4.05. The van der Waals surface area contributed by atoms with Gasteiger partial charge in [-0.1, -0.05) is 6.07 Å². The standard InChI is InChI=1S/C13H13N3O4/c1-3-20-13(17)12-8-14-15(9(12)2)10-5-4-6-11(7-10)16(18)19/h4-8H,3H2,1-2H3. The van der Waals surface area contributed by atoms with Crippen molar-refractivity contribution in [2.24, 2.45) is 0 Å². The minimum Gasteiger partial charge on any atom is -0.462 e. The Labute approximate surface area is 114 Å². The van der Waals surface area contributed by atoms with Crippen LogP contribution in [-0.4, -0.2) is 27.3 Å². The van der Waals surface area contributed by atoms with Gasteiger partial charge in [0.25, 0.3) is 5.69 Å². The van der Waals surface area contributed by atoms with Gasteiger partial charge in [-0.3, -0.25) is 10.1 Å². The summed E-state index contributed by atoms with van der Waals surface area (Å²) in [4.78, 5) is 22.0. The SMILES string of the molecule is CCOC(=O)c1cnn(-c2cccc([N+](=O)[O-])c2)c1C. The van der Waals surface area contributed by atoms with Crippen LogP contribution >= 0.6 is 0 Å². The van der Waals surface area contributed by atoms with Crippen LogP contribution in [0.3, 0.4) is 0 Å². The van der Waals surface area contributed by atoms with Gasteiger partial charge in [0.2, 0.25) is 0 Å². The molecule has 0 saturated heterocycles. The number of esters is 1. The van der Waals surface area contributed by atoms with E-state index in [1.54, 1.807) is 26.0 Å². The molecule has 2 rings (SSSR count). The summed E-state index contributed by atoms with van der Waals surface area (Å²) in [5, 5.41) is 14.9. The number of nitro groups is 1. The molecule has 1 aromatic heterocycles. The van der Waals surface area contributed by atoms with E-state index in [-0.39, 0.29) is 12.3 Å². The molecule has 2 aromatic rings. The van der Waals surface area contributed by atoms with E-state index >= 15 is 0 Å². The summed E-state index contributed by atoms with van der Waals surface area (Å²) in [6, 6.07) is 6.05. The number of nitrogens with zero attached hydrogens (tertiary/aromatic N) is 3. The zero-order valence-electron chi connectivity index (χ0n) is 11.1. The number of hydrogen-bond donors (Lipinski definition) is 0. The summed E-state index contributed by atoms with van der Waals surface area (Å²) in [7, 11) is 0. The van der Waals surface area contributed by atoms with Crippen LogP contribution in [0.1, 0.15) is 23.0 Å². The predicted molar refractivity (Wildman–Crippen MR) is 70.9 cm³/mol. The Bertz CT molecular complexity index is 663. The van der Waals surface area contributed by atoms with Crippen LogP contribution in [0.25, 0.3) is 5.69 Å². The summed E-state index contributed by atoms with van der Waals surface area (Å²) >= 11 is 0. The van der Waals surface area contributed by atoms with E-state index in [1.165, 1.54) is 23.0 Å². The fraction of sp³-hybridized carbons (Fsp3) is 0.231. The molecule has 0 aliphatic carbocycles. The molecule has 0 aliphatic rings. The Hall–Kier alpha value is -2.70. The number of nitro benzene ring substituents is 1. The molecular formula is C13H13N3O4. The Morgan fingerprint density at radius 2 is 2.25 bits per heavy atom. The molecule has 1 heterocycles. The van der Waals surface area contributed by atoms with Gasteiger partial charge in [0, 0.05) is 12.1 Å². The Balaban J connectivity index is 2.42. The maximum atomic E-state index is 11.7. The van der Waals surface area contributed by atoms with Gasteiger partial charge in [-0.15, -0.1) is 0 Å². The zero-order valence-corrected chi connectivity index (χ0v) is 11.1. The van der Waals surface area contributed by atoms with Crippen molar-refractivity contribution in [3.63, 3.8) is 0 Å². The van der Waals surface area contributed by atoms with E-state index in [2.05, 4.69) is 5.10 Å². The molecule has 1 aromatic carbocycles. The lowest BCUT2D eigenvalue weighted by Crippen LogP contribution is -2.07. The van der Waals surface area contributed by atoms with Crippen molar-refractivity contribution < 1.29 is 14.5 Å². The van der Waals surface area contributed by atoms with Crippen LogP contribution < -0.4 is 0 Å². The molecule has 0 N–H and O–H groups in total. The third-order valence-corrected chi connectivity index (χ3v) is 2.79. The van der Waals surface area contributed by atoms with E-state index < -0.39 is 10.9 Å². The molecule has 0 amide bonds. The van der Waals surface area contributed by atoms with Gasteiger partial charge in [-0.2, -0.15) is 5.10 Å². The van der Waals surface area contributed by atoms with Crippen molar-refractivity contribution in [1.29, 1.82) is 0 Å². The van der Waals surface area contributed by atoms with Gasteiger partial charge in [0.1, 0.15) is 5.56 Å². The number of ether oxygens (including phenoxy) is 1. The van der Waals surface area contributed by atoms with Crippen molar-refractivity contribution in [1.82, 2.24) is 9.78 Å². The highest BCUT2D eigenvalue weighted by molar-refractivity contribution is 5.90. The average Bonchev–Trinajstić information content (AvgIpc) is 2.81. The smallest absolute Gasteiger partial charge is 0.341 e. The summed E-state index contributed by atoms with van der Waals surface area (Å²) < 4.78 is 6.39. The maximum absolute atomic E-state index is 11.7. The molecule has 0 fully saturated rings. The molecule has 0 saturated carbocycles. The van der Waals surface area contributed by atoms with Gasteiger partial charge in [-0.25, -0.2) is 9.48 Å². The van der Waals surface area contributed by atoms with Crippen LogP contribution in [-0.2, 0) is 4.74 Å². The second-order valence-corrected chi connectivity index (χ2v) is 4.05. The van der Waals surface area contributed by atoms with E-state index in [0.717, 1.165) is 0 Å². The molecule has 20 heavy (non-hydrogen) atoms. The average molecular weight is 275 g/mol. The van der Waals surface area contributed by atoms with Gasteiger partial charge in [0.05, 0.1) is 29.1 Å². The monoisotopic (exact) mass is 275 g/mol. The molecule has 7 nitrogen and oxygen atoms in total. The first-order valence-electron chi connectivity index (χ1n) is 6.01. The summed E-state index contributed by atoms with van der Waals surface area (Å²) in [5.74, 6) is -0.457. The minimum absolute atomic E-state index is 0.0323. The van der Waals surface area contributed by atoms with E-state index in [9.17, 15) is 14.9 Å². The van der Waals surface area contributed by atoms with Crippen molar-refractivity contribution in [2.75, 3.05) is 6.61 Å². The molecule has 0 atom stereocenters. The molecule has 7 heteroatoms. The topological polar surface area (TPSA) is 87.3 Å². The Kier molecular flexibility index (Phi) is 3.79. The number of hydrogen-bond acceptors (Lipinski definition) is 5. The van der Waals surface area contributed by atoms with Gasteiger partial charge >= 0.3 is 5.97 Å². The molecule has 104 valence electrons. The lowest BCUT2D eigenvalue weighted by molar-refractivity contribution is -0.384. The number of carbonyl (C=O) groups is 1. The highest BCUT2D eigenvalue weighted by Gasteiger charge is 2.17. The molecule has 0 aliphatic heterocycles. The van der Waals surface area contributed by atoms with Crippen LogP contribution in [0.2, 0.25) is 0 Å². The number of benzene rings is 1. The quantitative estimate of drug-likeness (QED) is 0.485. The lowest BCUT2D eigenvalue weighted by atomic mass is 10.2. The van der Waals surface area contributed by atoms with Crippen molar-refractivity contribution in [3.8, 4) is 5.69 Å². The van der Waals surface area contributed by atoms with Crippen LogP contribution in [0.15, 0.2) is 30.5 Å². The highest BCUT2D eigenvalue weighted by atomic mass is 16.6. The van der Waals surface area contributed by atoms with E-state index in [0.29, 0.717) is 16.9 Å². The summed E-state index contributed by atoms with van der Waals surface area (Å²) in [5.41, 5.74) is 1.41. The first-order chi connectivity index (χ1) is 9.54. The number of non-ortho nitro benzene ring substituents is 1. The molecule has 0 unspecified atom stereocenters. The largest absolute Gasteiger partial charge is 0.462 e. The predicted octanol–water partition coefficient (Wildman–Crippen LogP) is 2.27. The van der Waals surface area contributed by atoms with Crippen molar-refractivity contribution in [3.05, 3.63) is 51.8 Å². The first kappa shape index (κ1) is 13.7. The zero-order chi connectivity index (χ0) is 14.7. The molecule has 0 radical (unpaired) electrons. The third-order valence-electron chi connectivity index (χ3n) is 2.79. The number of carbonyl (C=O) groups excluding carboxylic acids is 1. The molecular weight excluding hydrogens is 262 g/mol. The third kappa shape index (κ3) is 2.51. The molecule has 0 bridgehead atoms. The Morgan fingerprint density at radius 3 is 2.90 bits per heavy atom.